The summed E-state index contributed by atoms with van der Waals surface area (Å²) >= 11 is 5.87. The Morgan fingerprint density at radius 2 is 1.82 bits per heavy atom. The molecule has 0 aromatic heterocycles. The van der Waals surface area contributed by atoms with E-state index in [0.717, 1.165) is 12.8 Å². The van der Waals surface area contributed by atoms with Crippen LogP contribution in [0, 0.1) is 0 Å². The molecule has 0 aliphatic carbocycles. The largest absolute Gasteiger partial charge is 0.492 e. The Bertz CT molecular complexity index is 913. The molecule has 7 nitrogen and oxygen atoms in total. The van der Waals surface area contributed by atoms with Gasteiger partial charge in [-0.3, -0.25) is 0 Å². The van der Waals surface area contributed by atoms with Crippen molar-refractivity contribution in [2.24, 2.45) is 0 Å². The number of carbonyl (C=O) groups excluding carboxylic acids is 1. The average molecular weight is 424 g/mol. The number of sulfonamides is 1. The van der Waals surface area contributed by atoms with Gasteiger partial charge >= 0.3 is 6.03 Å². The Hall–Kier alpha value is -2.29. The zero-order chi connectivity index (χ0) is 20.0. The highest BCUT2D eigenvalue weighted by molar-refractivity contribution is 7.89. The Kier molecular flexibility index (Phi) is 6.77. The van der Waals surface area contributed by atoms with Gasteiger partial charge in [-0.25, -0.2) is 13.2 Å². The molecule has 2 N–H and O–H groups in total. The number of benzene rings is 2. The lowest BCUT2D eigenvalue weighted by Crippen LogP contribution is -2.32. The van der Waals surface area contributed by atoms with E-state index < -0.39 is 10.0 Å². The predicted molar refractivity (Wildman–Crippen MR) is 108 cm³/mol. The first kappa shape index (κ1) is 20.4. The van der Waals surface area contributed by atoms with E-state index in [0.29, 0.717) is 36.1 Å². The number of nitrogens with one attached hydrogen (secondary N) is 2. The molecule has 1 heterocycles. The SMILES string of the molecule is O=C(NCCOc1ccc(S(=O)(=O)N2CCCC2)cc1)Nc1cccc(Cl)c1. The molecule has 9 heteroatoms. The average Bonchev–Trinajstić information content (AvgIpc) is 3.21. The normalized spacial score (nSPS) is 14.6. The van der Waals surface area contributed by atoms with Crippen LogP contribution in [0.15, 0.2) is 53.4 Å². The molecule has 3 rings (SSSR count). The zero-order valence-electron chi connectivity index (χ0n) is 15.2. The molecule has 28 heavy (non-hydrogen) atoms. The molecule has 0 saturated carbocycles. The number of halogens is 1. The third kappa shape index (κ3) is 5.37. The van der Waals surface area contributed by atoms with E-state index in [1.807, 2.05) is 0 Å². The van der Waals surface area contributed by atoms with Crippen LogP contribution in [0.3, 0.4) is 0 Å². The van der Waals surface area contributed by atoms with Crippen LogP contribution in [0.2, 0.25) is 5.02 Å². The molecule has 0 atom stereocenters. The van der Waals surface area contributed by atoms with Crippen molar-refractivity contribution >= 4 is 33.3 Å². The summed E-state index contributed by atoms with van der Waals surface area (Å²) in [6.45, 7) is 1.69. The van der Waals surface area contributed by atoms with E-state index in [2.05, 4.69) is 10.6 Å². The van der Waals surface area contributed by atoms with Crippen LogP contribution in [-0.2, 0) is 10.0 Å². The third-order valence-electron chi connectivity index (χ3n) is 4.27. The monoisotopic (exact) mass is 423 g/mol. The number of hydrogen-bond acceptors (Lipinski definition) is 4. The summed E-state index contributed by atoms with van der Waals surface area (Å²) in [6.07, 6.45) is 1.80. The van der Waals surface area contributed by atoms with Crippen molar-refractivity contribution in [2.75, 3.05) is 31.6 Å². The van der Waals surface area contributed by atoms with Crippen molar-refractivity contribution in [1.82, 2.24) is 9.62 Å². The second kappa shape index (κ2) is 9.27. The molecule has 0 spiro atoms. The maximum Gasteiger partial charge on any atom is 0.319 e. The van der Waals surface area contributed by atoms with E-state index in [9.17, 15) is 13.2 Å². The van der Waals surface area contributed by atoms with Crippen molar-refractivity contribution in [2.45, 2.75) is 17.7 Å². The Balaban J connectivity index is 1.43. The molecule has 0 bridgehead atoms. The van der Waals surface area contributed by atoms with Gasteiger partial charge < -0.3 is 15.4 Å². The first-order valence-corrected chi connectivity index (χ1v) is 10.8. The molecule has 0 unspecified atom stereocenters. The van der Waals surface area contributed by atoms with Crippen molar-refractivity contribution in [3.8, 4) is 5.75 Å². The number of ether oxygens (including phenoxy) is 1. The Morgan fingerprint density at radius 3 is 2.50 bits per heavy atom. The van der Waals surface area contributed by atoms with Gasteiger partial charge in [0.05, 0.1) is 11.4 Å². The van der Waals surface area contributed by atoms with E-state index in [4.69, 9.17) is 16.3 Å². The van der Waals surface area contributed by atoms with Crippen molar-refractivity contribution in [1.29, 1.82) is 0 Å². The van der Waals surface area contributed by atoms with E-state index in [1.54, 1.807) is 48.5 Å². The van der Waals surface area contributed by atoms with Crippen LogP contribution in [0.1, 0.15) is 12.8 Å². The van der Waals surface area contributed by atoms with Gasteiger partial charge in [0.15, 0.2) is 0 Å². The van der Waals surface area contributed by atoms with Crippen molar-refractivity contribution in [3.63, 3.8) is 0 Å². The van der Waals surface area contributed by atoms with Gasteiger partial charge in [0, 0.05) is 23.8 Å². The second-order valence-corrected chi connectivity index (χ2v) is 8.70. The maximum absolute atomic E-state index is 12.5. The summed E-state index contributed by atoms with van der Waals surface area (Å²) in [6, 6.07) is 12.8. The fraction of sp³-hybridized carbons (Fsp3) is 0.316. The summed E-state index contributed by atoms with van der Waals surface area (Å²) in [4.78, 5) is 12.1. The number of nitrogens with zero attached hydrogens (tertiary/aromatic N) is 1. The van der Waals surface area contributed by atoms with Crippen LogP contribution in [0.25, 0.3) is 0 Å². The fourth-order valence-corrected chi connectivity index (χ4v) is 4.57. The van der Waals surface area contributed by atoms with E-state index >= 15 is 0 Å². The predicted octanol–water partition coefficient (Wildman–Crippen LogP) is 3.33. The minimum absolute atomic E-state index is 0.251. The topological polar surface area (TPSA) is 87.7 Å². The molecular weight excluding hydrogens is 402 g/mol. The lowest BCUT2D eigenvalue weighted by Gasteiger charge is -2.15. The van der Waals surface area contributed by atoms with Gasteiger partial charge in [0.1, 0.15) is 12.4 Å². The van der Waals surface area contributed by atoms with Crippen LogP contribution in [0.5, 0.6) is 5.75 Å². The van der Waals surface area contributed by atoms with Crippen LogP contribution in [-0.4, -0.2) is 45.0 Å². The van der Waals surface area contributed by atoms with E-state index in [1.165, 1.54) is 4.31 Å². The lowest BCUT2D eigenvalue weighted by molar-refractivity contribution is 0.247. The smallest absolute Gasteiger partial charge is 0.319 e. The number of rotatable bonds is 7. The van der Waals surface area contributed by atoms with Gasteiger partial charge in [-0.1, -0.05) is 17.7 Å². The summed E-state index contributed by atoms with van der Waals surface area (Å²) in [5.74, 6) is 0.539. The first-order chi connectivity index (χ1) is 13.4. The maximum atomic E-state index is 12.5. The highest BCUT2D eigenvalue weighted by atomic mass is 35.5. The van der Waals surface area contributed by atoms with Gasteiger partial charge in [0.2, 0.25) is 10.0 Å². The molecule has 1 saturated heterocycles. The number of urea groups is 1. The summed E-state index contributed by atoms with van der Waals surface area (Å²) in [5, 5.41) is 5.88. The molecule has 1 fully saturated rings. The number of amides is 2. The summed E-state index contributed by atoms with van der Waals surface area (Å²) in [5.41, 5.74) is 0.598. The van der Waals surface area contributed by atoms with Crippen LogP contribution in [0.4, 0.5) is 10.5 Å². The summed E-state index contributed by atoms with van der Waals surface area (Å²) < 4.78 is 32.0. The lowest BCUT2D eigenvalue weighted by atomic mass is 10.3. The minimum atomic E-state index is -3.42. The van der Waals surface area contributed by atoms with Gasteiger partial charge in [-0.15, -0.1) is 0 Å². The molecule has 1 aliphatic heterocycles. The van der Waals surface area contributed by atoms with Crippen LogP contribution < -0.4 is 15.4 Å². The highest BCUT2D eigenvalue weighted by Gasteiger charge is 2.26. The Labute approximate surface area is 169 Å². The fourth-order valence-electron chi connectivity index (χ4n) is 2.86. The molecule has 2 aromatic rings. The number of hydrogen-bond donors (Lipinski definition) is 2. The van der Waals surface area contributed by atoms with Gasteiger partial charge in [0.25, 0.3) is 0 Å². The molecule has 150 valence electrons. The quantitative estimate of drug-likeness (QED) is 0.668. The second-order valence-electron chi connectivity index (χ2n) is 6.32. The van der Waals surface area contributed by atoms with Crippen molar-refractivity contribution in [3.05, 3.63) is 53.6 Å². The zero-order valence-corrected chi connectivity index (χ0v) is 16.8. The molecule has 1 aliphatic rings. The summed E-state index contributed by atoms with van der Waals surface area (Å²) in [7, 11) is -3.42. The van der Waals surface area contributed by atoms with E-state index in [-0.39, 0.29) is 17.5 Å². The number of carbonyl (C=O) groups is 1. The number of anilines is 1. The molecule has 2 amide bonds. The third-order valence-corrected chi connectivity index (χ3v) is 6.41. The molecule has 2 aromatic carbocycles. The first-order valence-electron chi connectivity index (χ1n) is 8.98. The standard InChI is InChI=1S/C19H22ClN3O4S/c20-15-4-3-5-16(14-15)22-19(24)21-10-13-27-17-6-8-18(9-7-17)28(25,26)23-11-1-2-12-23/h3-9,14H,1-2,10-13H2,(H2,21,22,24). The molecular formula is C19H22ClN3O4S. The minimum Gasteiger partial charge on any atom is -0.492 e. The Morgan fingerprint density at radius 1 is 1.11 bits per heavy atom. The highest BCUT2D eigenvalue weighted by Crippen LogP contribution is 2.22. The van der Waals surface area contributed by atoms with Gasteiger partial charge in [-0.2, -0.15) is 4.31 Å². The van der Waals surface area contributed by atoms with Crippen LogP contribution >= 0.6 is 11.6 Å². The van der Waals surface area contributed by atoms with Crippen molar-refractivity contribution < 1.29 is 17.9 Å². The van der Waals surface area contributed by atoms with Gasteiger partial charge in [-0.05, 0) is 55.3 Å². The molecule has 0 radical (unpaired) electrons.